The van der Waals surface area contributed by atoms with Crippen molar-refractivity contribution in [2.75, 3.05) is 26.2 Å². The Balaban J connectivity index is 1.42. The zero-order valence-corrected chi connectivity index (χ0v) is 10.9. The van der Waals surface area contributed by atoms with Crippen LogP contribution in [0.1, 0.15) is 32.1 Å². The van der Waals surface area contributed by atoms with E-state index in [9.17, 15) is 4.79 Å². The third kappa shape index (κ3) is 1.69. The van der Waals surface area contributed by atoms with Crippen LogP contribution in [0.5, 0.6) is 0 Å². The van der Waals surface area contributed by atoms with Gasteiger partial charge in [-0.15, -0.1) is 0 Å². The number of fused-ring (bicyclic) bond motifs is 2. The van der Waals surface area contributed by atoms with Crippen LogP contribution in [0.4, 0.5) is 0 Å². The van der Waals surface area contributed by atoms with Crippen molar-refractivity contribution < 1.29 is 9.53 Å². The molecule has 0 aromatic rings. The van der Waals surface area contributed by atoms with E-state index in [-0.39, 0.29) is 0 Å². The second-order valence-electron chi connectivity index (χ2n) is 6.57. The highest BCUT2D eigenvalue weighted by Gasteiger charge is 2.59. The molecule has 1 amide bonds. The molecule has 1 aliphatic carbocycles. The van der Waals surface area contributed by atoms with Crippen LogP contribution >= 0.6 is 0 Å². The van der Waals surface area contributed by atoms with Crippen molar-refractivity contribution in [1.82, 2.24) is 10.2 Å². The minimum absolute atomic E-state index is 0.329. The van der Waals surface area contributed by atoms with Crippen molar-refractivity contribution >= 4 is 5.91 Å². The average Bonchev–Trinajstić information content (AvgIpc) is 2.98. The normalized spacial score (nSPS) is 41.1. The average molecular weight is 250 g/mol. The highest BCUT2D eigenvalue weighted by molar-refractivity contribution is 5.83. The van der Waals surface area contributed by atoms with E-state index in [0.717, 1.165) is 45.4 Å². The van der Waals surface area contributed by atoms with Crippen LogP contribution in [-0.2, 0) is 9.53 Å². The van der Waals surface area contributed by atoms with Gasteiger partial charge >= 0.3 is 0 Å². The molecule has 1 N–H and O–H groups in total. The first-order valence-electron chi connectivity index (χ1n) is 7.42. The Labute approximate surface area is 108 Å². The number of piperidine rings is 1. The lowest BCUT2D eigenvalue weighted by atomic mass is 9.91. The number of nitrogens with one attached hydrogen (secondary N) is 1. The summed E-state index contributed by atoms with van der Waals surface area (Å²) >= 11 is 0. The molecular weight excluding hydrogens is 228 g/mol. The van der Waals surface area contributed by atoms with Gasteiger partial charge in [-0.25, -0.2) is 0 Å². The fourth-order valence-electron chi connectivity index (χ4n) is 4.19. The van der Waals surface area contributed by atoms with Crippen LogP contribution in [0.15, 0.2) is 0 Å². The molecule has 3 heterocycles. The number of carbonyl (C=O) groups is 1. The fraction of sp³-hybridized carbons (Fsp3) is 0.929. The third-order valence-corrected chi connectivity index (χ3v) is 5.44. The Kier molecular flexibility index (Phi) is 2.46. The molecule has 1 saturated carbocycles. The van der Waals surface area contributed by atoms with E-state index in [1.165, 1.54) is 12.8 Å². The number of amides is 1. The largest absolute Gasteiger partial charge is 0.371 e. The number of morpholine rings is 1. The Bertz CT molecular complexity index is 353. The standard InChI is InChI=1S/C14H22N2O2/c17-13(12-7-14(12)3-5-15-6-4-14)16-8-10-1-2-11(9-16)18-10/h10-12,15H,1-9H2. The van der Waals surface area contributed by atoms with Crippen LogP contribution in [0.2, 0.25) is 0 Å². The summed E-state index contributed by atoms with van der Waals surface area (Å²) in [5, 5.41) is 3.40. The van der Waals surface area contributed by atoms with Gasteiger partial charge in [0, 0.05) is 19.0 Å². The number of carbonyl (C=O) groups excluding carboxylic acids is 1. The molecule has 2 bridgehead atoms. The van der Waals surface area contributed by atoms with Gasteiger partial charge in [0.05, 0.1) is 12.2 Å². The minimum atomic E-state index is 0.329. The van der Waals surface area contributed by atoms with Crippen molar-refractivity contribution in [3.05, 3.63) is 0 Å². The molecule has 4 nitrogen and oxygen atoms in total. The molecule has 18 heavy (non-hydrogen) atoms. The van der Waals surface area contributed by atoms with Crippen molar-refractivity contribution in [2.24, 2.45) is 11.3 Å². The molecule has 4 heteroatoms. The van der Waals surface area contributed by atoms with Gasteiger partial charge in [0.25, 0.3) is 0 Å². The lowest BCUT2D eigenvalue weighted by Gasteiger charge is -2.33. The van der Waals surface area contributed by atoms with Crippen LogP contribution < -0.4 is 5.32 Å². The van der Waals surface area contributed by atoms with E-state index in [0.29, 0.717) is 29.4 Å². The SMILES string of the molecule is O=C(C1CC12CCNCC2)N1CC2CCC(C1)O2. The van der Waals surface area contributed by atoms with Gasteiger partial charge in [-0.1, -0.05) is 0 Å². The van der Waals surface area contributed by atoms with Crippen LogP contribution in [-0.4, -0.2) is 49.2 Å². The Morgan fingerprint density at radius 2 is 1.83 bits per heavy atom. The predicted octanol–water partition coefficient (Wildman–Crippen LogP) is 0.766. The highest BCUT2D eigenvalue weighted by atomic mass is 16.5. The molecule has 0 radical (unpaired) electrons. The van der Waals surface area contributed by atoms with Gasteiger partial charge in [0.1, 0.15) is 0 Å². The maximum Gasteiger partial charge on any atom is 0.226 e. The van der Waals surface area contributed by atoms with E-state index in [1.54, 1.807) is 0 Å². The Hall–Kier alpha value is -0.610. The summed E-state index contributed by atoms with van der Waals surface area (Å²) in [7, 11) is 0. The van der Waals surface area contributed by atoms with E-state index in [2.05, 4.69) is 10.2 Å². The van der Waals surface area contributed by atoms with Gasteiger partial charge in [-0.05, 0) is 50.6 Å². The van der Waals surface area contributed by atoms with E-state index in [4.69, 9.17) is 4.74 Å². The van der Waals surface area contributed by atoms with Crippen LogP contribution in [0.25, 0.3) is 0 Å². The van der Waals surface area contributed by atoms with Crippen molar-refractivity contribution in [1.29, 1.82) is 0 Å². The maximum atomic E-state index is 12.6. The van der Waals surface area contributed by atoms with E-state index >= 15 is 0 Å². The molecule has 3 atom stereocenters. The summed E-state index contributed by atoms with van der Waals surface area (Å²) < 4.78 is 5.81. The number of rotatable bonds is 1. The smallest absolute Gasteiger partial charge is 0.226 e. The molecule has 3 saturated heterocycles. The summed E-state index contributed by atoms with van der Waals surface area (Å²) in [6.45, 7) is 3.89. The van der Waals surface area contributed by atoms with Crippen molar-refractivity contribution in [3.8, 4) is 0 Å². The van der Waals surface area contributed by atoms with Gasteiger partial charge in [-0.2, -0.15) is 0 Å². The molecule has 0 aromatic carbocycles. The minimum Gasteiger partial charge on any atom is -0.371 e. The van der Waals surface area contributed by atoms with Gasteiger partial charge in [0.2, 0.25) is 5.91 Å². The molecule has 4 aliphatic rings. The quantitative estimate of drug-likeness (QED) is 0.747. The van der Waals surface area contributed by atoms with Gasteiger partial charge in [0.15, 0.2) is 0 Å². The number of nitrogens with zero attached hydrogens (tertiary/aromatic N) is 1. The Morgan fingerprint density at radius 1 is 1.17 bits per heavy atom. The summed E-state index contributed by atoms with van der Waals surface area (Å²) in [4.78, 5) is 14.7. The van der Waals surface area contributed by atoms with Crippen molar-refractivity contribution in [2.45, 2.75) is 44.3 Å². The maximum absolute atomic E-state index is 12.6. The predicted molar refractivity (Wildman–Crippen MR) is 67.1 cm³/mol. The third-order valence-electron chi connectivity index (χ3n) is 5.44. The molecule has 100 valence electrons. The summed E-state index contributed by atoms with van der Waals surface area (Å²) in [5.74, 6) is 0.759. The molecular formula is C14H22N2O2. The number of hydrogen-bond acceptors (Lipinski definition) is 3. The van der Waals surface area contributed by atoms with Crippen LogP contribution in [0, 0.1) is 11.3 Å². The molecule has 4 fully saturated rings. The lowest BCUT2D eigenvalue weighted by Crippen LogP contribution is -2.47. The second kappa shape index (κ2) is 3.94. The fourth-order valence-corrected chi connectivity index (χ4v) is 4.19. The van der Waals surface area contributed by atoms with Gasteiger partial charge < -0.3 is 15.0 Å². The number of likely N-dealkylation sites (tertiary alicyclic amines) is 1. The van der Waals surface area contributed by atoms with E-state index in [1.807, 2.05) is 0 Å². The topological polar surface area (TPSA) is 41.6 Å². The summed E-state index contributed by atoms with van der Waals surface area (Å²) in [5.41, 5.74) is 0.375. The second-order valence-corrected chi connectivity index (χ2v) is 6.57. The highest BCUT2D eigenvalue weighted by Crippen LogP contribution is 2.59. The van der Waals surface area contributed by atoms with Gasteiger partial charge in [-0.3, -0.25) is 4.79 Å². The summed E-state index contributed by atoms with van der Waals surface area (Å²) in [6, 6.07) is 0. The van der Waals surface area contributed by atoms with E-state index < -0.39 is 0 Å². The Morgan fingerprint density at radius 3 is 2.50 bits per heavy atom. The lowest BCUT2D eigenvalue weighted by molar-refractivity contribution is -0.142. The zero-order chi connectivity index (χ0) is 12.2. The molecule has 3 unspecified atom stereocenters. The molecule has 1 spiro atoms. The van der Waals surface area contributed by atoms with Crippen LogP contribution in [0.3, 0.4) is 0 Å². The zero-order valence-electron chi connectivity index (χ0n) is 10.9. The number of ether oxygens (including phenoxy) is 1. The monoisotopic (exact) mass is 250 g/mol. The first-order chi connectivity index (χ1) is 8.77. The first-order valence-corrected chi connectivity index (χ1v) is 7.42. The molecule has 4 rings (SSSR count). The first kappa shape index (κ1) is 11.2. The number of hydrogen-bond donors (Lipinski definition) is 1. The van der Waals surface area contributed by atoms with Crippen molar-refractivity contribution in [3.63, 3.8) is 0 Å². The molecule has 0 aromatic heterocycles. The summed E-state index contributed by atoms with van der Waals surface area (Å²) in [6.07, 6.45) is 6.48. The molecule has 3 aliphatic heterocycles.